The Kier molecular flexibility index (Phi) is 3.95. The Morgan fingerprint density at radius 1 is 1.25 bits per heavy atom. The van der Waals surface area contributed by atoms with Crippen LogP contribution in [0, 0.1) is 0 Å². The van der Waals surface area contributed by atoms with Gasteiger partial charge >= 0.3 is 0 Å². The largest absolute Gasteiger partial charge is 0.296 e. The average molecular weight is 213 g/mol. The van der Waals surface area contributed by atoms with Crippen molar-refractivity contribution in [2.24, 2.45) is 0 Å². The molecule has 0 saturated heterocycles. The van der Waals surface area contributed by atoms with Gasteiger partial charge in [0.1, 0.15) is 0 Å². The number of nitrogens with zero attached hydrogens (tertiary/aromatic N) is 1. The molecule has 1 aromatic carbocycles. The van der Waals surface area contributed by atoms with Crippen molar-refractivity contribution in [3.05, 3.63) is 54.1 Å². The molecule has 0 spiro atoms. The van der Waals surface area contributed by atoms with Crippen molar-refractivity contribution in [1.82, 2.24) is 4.90 Å². The molecule has 0 unspecified atom stereocenters. The summed E-state index contributed by atoms with van der Waals surface area (Å²) in [5.74, 6) is 0. The molecule has 2 rings (SSSR count). The summed E-state index contributed by atoms with van der Waals surface area (Å²) in [5.41, 5.74) is 2.88. The molecule has 0 atom stereocenters. The summed E-state index contributed by atoms with van der Waals surface area (Å²) in [7, 11) is 0. The lowest BCUT2D eigenvalue weighted by Gasteiger charge is -2.25. The Balaban J connectivity index is 1.98. The molecule has 0 fully saturated rings. The summed E-state index contributed by atoms with van der Waals surface area (Å²) >= 11 is 0. The average Bonchev–Trinajstić information content (AvgIpc) is 2.38. The Bertz CT molecular complexity index is 376. The maximum Gasteiger partial charge on any atom is 0.0172 e. The molecular weight excluding hydrogens is 194 g/mol. The summed E-state index contributed by atoms with van der Waals surface area (Å²) in [5, 5.41) is 0. The zero-order chi connectivity index (χ0) is 11.2. The zero-order valence-electron chi connectivity index (χ0n) is 9.89. The molecule has 0 aromatic heterocycles. The SMILES string of the molecule is C/C=C/CN1CC=C(c2ccccc2)CC1. The van der Waals surface area contributed by atoms with E-state index in [1.165, 1.54) is 24.1 Å². The molecule has 84 valence electrons. The second-order valence-electron chi connectivity index (χ2n) is 4.17. The maximum absolute atomic E-state index is 2.46. The first-order chi connectivity index (χ1) is 7.90. The van der Waals surface area contributed by atoms with Crippen molar-refractivity contribution in [1.29, 1.82) is 0 Å². The van der Waals surface area contributed by atoms with Gasteiger partial charge in [0.05, 0.1) is 0 Å². The van der Waals surface area contributed by atoms with E-state index in [-0.39, 0.29) is 0 Å². The van der Waals surface area contributed by atoms with Crippen LogP contribution < -0.4 is 0 Å². The topological polar surface area (TPSA) is 3.24 Å². The van der Waals surface area contributed by atoms with Gasteiger partial charge in [0.25, 0.3) is 0 Å². The zero-order valence-corrected chi connectivity index (χ0v) is 9.89. The highest BCUT2D eigenvalue weighted by atomic mass is 15.1. The van der Waals surface area contributed by atoms with Gasteiger partial charge in [-0.1, -0.05) is 48.6 Å². The maximum atomic E-state index is 2.46. The Labute approximate surface area is 98.1 Å². The van der Waals surface area contributed by atoms with Crippen LogP contribution in [0.15, 0.2) is 48.6 Å². The third-order valence-corrected chi connectivity index (χ3v) is 3.04. The summed E-state index contributed by atoms with van der Waals surface area (Å²) in [6.07, 6.45) is 7.88. The molecule has 0 radical (unpaired) electrons. The highest BCUT2D eigenvalue weighted by molar-refractivity contribution is 5.66. The number of rotatable bonds is 3. The molecule has 0 aliphatic carbocycles. The fraction of sp³-hybridized carbons (Fsp3) is 0.333. The van der Waals surface area contributed by atoms with E-state index >= 15 is 0 Å². The van der Waals surface area contributed by atoms with Gasteiger partial charge in [0.2, 0.25) is 0 Å². The van der Waals surface area contributed by atoms with E-state index < -0.39 is 0 Å². The van der Waals surface area contributed by atoms with Gasteiger partial charge in [-0.15, -0.1) is 0 Å². The van der Waals surface area contributed by atoms with Crippen molar-refractivity contribution in [3.8, 4) is 0 Å². The normalized spacial score (nSPS) is 17.7. The smallest absolute Gasteiger partial charge is 0.0172 e. The minimum absolute atomic E-state index is 1.08. The number of allylic oxidation sites excluding steroid dienone is 1. The van der Waals surface area contributed by atoms with Gasteiger partial charge in [-0.25, -0.2) is 0 Å². The lowest BCUT2D eigenvalue weighted by Crippen LogP contribution is -2.28. The predicted octanol–water partition coefficient (Wildman–Crippen LogP) is 3.35. The van der Waals surface area contributed by atoms with E-state index in [2.05, 4.69) is 60.4 Å². The molecule has 0 N–H and O–H groups in total. The number of hydrogen-bond acceptors (Lipinski definition) is 1. The minimum atomic E-state index is 1.08. The van der Waals surface area contributed by atoms with Crippen LogP contribution >= 0.6 is 0 Å². The molecule has 0 bridgehead atoms. The van der Waals surface area contributed by atoms with Crippen LogP contribution in [0.2, 0.25) is 0 Å². The summed E-state index contributed by atoms with van der Waals surface area (Å²) in [4.78, 5) is 2.46. The Morgan fingerprint density at radius 3 is 2.69 bits per heavy atom. The Hall–Kier alpha value is -1.34. The fourth-order valence-electron chi connectivity index (χ4n) is 2.05. The van der Waals surface area contributed by atoms with E-state index in [0.717, 1.165) is 13.1 Å². The molecule has 1 heterocycles. The van der Waals surface area contributed by atoms with Crippen LogP contribution in [-0.2, 0) is 0 Å². The van der Waals surface area contributed by atoms with Crippen molar-refractivity contribution in [2.75, 3.05) is 19.6 Å². The van der Waals surface area contributed by atoms with Crippen LogP contribution in [0.4, 0.5) is 0 Å². The molecule has 1 heteroatoms. The number of hydrogen-bond donors (Lipinski definition) is 0. The van der Waals surface area contributed by atoms with Crippen LogP contribution in [-0.4, -0.2) is 24.5 Å². The molecule has 1 aliphatic rings. The molecule has 0 amide bonds. The van der Waals surface area contributed by atoms with E-state index in [1.807, 2.05) is 0 Å². The lowest BCUT2D eigenvalue weighted by atomic mass is 10.00. The second kappa shape index (κ2) is 5.66. The van der Waals surface area contributed by atoms with Crippen LogP contribution in [0.3, 0.4) is 0 Å². The minimum Gasteiger partial charge on any atom is -0.296 e. The van der Waals surface area contributed by atoms with Gasteiger partial charge in [0.15, 0.2) is 0 Å². The molecule has 1 aromatic rings. The predicted molar refractivity (Wildman–Crippen MR) is 70.3 cm³/mol. The van der Waals surface area contributed by atoms with Crippen LogP contribution in [0.1, 0.15) is 18.9 Å². The van der Waals surface area contributed by atoms with Crippen LogP contribution in [0.25, 0.3) is 5.57 Å². The third-order valence-electron chi connectivity index (χ3n) is 3.04. The Morgan fingerprint density at radius 2 is 2.06 bits per heavy atom. The number of benzene rings is 1. The fourth-order valence-corrected chi connectivity index (χ4v) is 2.05. The lowest BCUT2D eigenvalue weighted by molar-refractivity contribution is 0.334. The molecule has 16 heavy (non-hydrogen) atoms. The van der Waals surface area contributed by atoms with E-state index in [0.29, 0.717) is 0 Å². The highest BCUT2D eigenvalue weighted by Crippen LogP contribution is 2.21. The van der Waals surface area contributed by atoms with Gasteiger partial charge in [0, 0.05) is 19.6 Å². The molecular formula is C15H19N. The van der Waals surface area contributed by atoms with Crippen molar-refractivity contribution in [2.45, 2.75) is 13.3 Å². The van der Waals surface area contributed by atoms with Crippen LogP contribution in [0.5, 0.6) is 0 Å². The first-order valence-electron chi connectivity index (χ1n) is 5.98. The van der Waals surface area contributed by atoms with Gasteiger partial charge in [-0.05, 0) is 24.5 Å². The third kappa shape index (κ3) is 2.83. The van der Waals surface area contributed by atoms with E-state index in [4.69, 9.17) is 0 Å². The summed E-state index contributed by atoms with van der Waals surface area (Å²) in [6, 6.07) is 10.7. The molecule has 1 nitrogen and oxygen atoms in total. The molecule has 1 aliphatic heterocycles. The molecule has 0 saturated carbocycles. The van der Waals surface area contributed by atoms with Gasteiger partial charge in [-0.3, -0.25) is 4.90 Å². The second-order valence-corrected chi connectivity index (χ2v) is 4.17. The highest BCUT2D eigenvalue weighted by Gasteiger charge is 2.10. The first kappa shape index (κ1) is 11.2. The van der Waals surface area contributed by atoms with Crippen molar-refractivity contribution < 1.29 is 0 Å². The standard InChI is InChI=1S/C15H19N/c1-2-3-11-16-12-9-15(10-13-16)14-7-5-4-6-8-14/h2-9H,10-13H2,1H3/b3-2+. The van der Waals surface area contributed by atoms with E-state index in [1.54, 1.807) is 0 Å². The van der Waals surface area contributed by atoms with Gasteiger partial charge < -0.3 is 0 Å². The first-order valence-corrected chi connectivity index (χ1v) is 5.98. The summed E-state index contributed by atoms with van der Waals surface area (Å²) in [6.45, 7) is 5.41. The quantitative estimate of drug-likeness (QED) is 0.696. The monoisotopic (exact) mass is 213 g/mol. The van der Waals surface area contributed by atoms with Crippen molar-refractivity contribution >= 4 is 5.57 Å². The van der Waals surface area contributed by atoms with Crippen molar-refractivity contribution in [3.63, 3.8) is 0 Å². The summed E-state index contributed by atoms with van der Waals surface area (Å²) < 4.78 is 0. The van der Waals surface area contributed by atoms with E-state index in [9.17, 15) is 0 Å². The van der Waals surface area contributed by atoms with Gasteiger partial charge in [-0.2, -0.15) is 0 Å².